The monoisotopic (exact) mass is 373 g/mol. The third-order valence-corrected chi connectivity index (χ3v) is 4.62. The first kappa shape index (κ1) is 18.6. The van der Waals surface area contributed by atoms with E-state index < -0.39 is 30.2 Å². The Hall–Kier alpha value is -3.17. The number of carbonyl (C=O) groups is 2. The van der Waals surface area contributed by atoms with Crippen molar-refractivity contribution in [1.82, 2.24) is 0 Å². The Kier molecular flexibility index (Phi) is 4.73. The third-order valence-electron chi connectivity index (χ3n) is 4.62. The summed E-state index contributed by atoms with van der Waals surface area (Å²) in [5, 5.41) is 38.9. The number of benzene rings is 2. The van der Waals surface area contributed by atoms with Crippen molar-refractivity contribution in [1.29, 1.82) is 0 Å². The molecule has 27 heavy (non-hydrogen) atoms. The van der Waals surface area contributed by atoms with Gasteiger partial charge in [-0.25, -0.2) is 9.59 Å². The molecular formula is C18H19N3O6. The zero-order valence-corrected chi connectivity index (χ0v) is 14.2. The van der Waals surface area contributed by atoms with Gasteiger partial charge in [-0.15, -0.1) is 0 Å². The van der Waals surface area contributed by atoms with Gasteiger partial charge in [-0.2, -0.15) is 0 Å². The van der Waals surface area contributed by atoms with Crippen molar-refractivity contribution >= 4 is 39.8 Å². The summed E-state index contributed by atoms with van der Waals surface area (Å²) in [6.07, 6.45) is -3.86. The number of carboxylic acid groups (broad SMARTS) is 2. The van der Waals surface area contributed by atoms with Crippen molar-refractivity contribution in [3.8, 4) is 0 Å². The van der Waals surface area contributed by atoms with Gasteiger partial charge in [-0.05, 0) is 23.1 Å². The van der Waals surface area contributed by atoms with E-state index in [2.05, 4.69) is 4.99 Å². The minimum Gasteiger partial charge on any atom is -0.479 e. The fourth-order valence-corrected chi connectivity index (χ4v) is 3.39. The average Bonchev–Trinajstić information content (AvgIpc) is 2.94. The number of nitrogen functional groups attached to an aromatic ring is 2. The molecule has 0 fully saturated rings. The van der Waals surface area contributed by atoms with E-state index in [1.807, 2.05) is 0 Å². The molecule has 1 aliphatic rings. The second kappa shape index (κ2) is 6.86. The fraction of sp³-hybridized carbons (Fsp3) is 0.278. The third kappa shape index (κ3) is 3.29. The maximum absolute atomic E-state index is 11.1. The molecule has 2 aromatic rings. The van der Waals surface area contributed by atoms with E-state index >= 15 is 0 Å². The summed E-state index contributed by atoms with van der Waals surface area (Å²) in [5.41, 5.74) is 14.2. The SMILES string of the molecule is Nc1cc2c(N)cccc2c2c1C(CC(O)C(=O)O)=NC2CC(O)C(=O)O. The summed E-state index contributed by atoms with van der Waals surface area (Å²) >= 11 is 0. The number of nitrogens with two attached hydrogens (primary N) is 2. The van der Waals surface area contributed by atoms with Crippen LogP contribution in [0.15, 0.2) is 29.3 Å². The second-order valence-electron chi connectivity index (χ2n) is 6.44. The molecule has 0 radical (unpaired) electrons. The maximum atomic E-state index is 11.1. The fourth-order valence-electron chi connectivity index (χ4n) is 3.39. The number of hydrogen-bond acceptors (Lipinski definition) is 7. The van der Waals surface area contributed by atoms with Gasteiger partial charge >= 0.3 is 11.9 Å². The van der Waals surface area contributed by atoms with Gasteiger partial charge in [0.1, 0.15) is 0 Å². The molecule has 0 saturated heterocycles. The van der Waals surface area contributed by atoms with Crippen molar-refractivity contribution < 1.29 is 30.0 Å². The Balaban J connectivity index is 2.18. The summed E-state index contributed by atoms with van der Waals surface area (Å²) in [7, 11) is 0. The molecule has 9 heteroatoms. The van der Waals surface area contributed by atoms with Gasteiger partial charge in [0.2, 0.25) is 0 Å². The highest BCUT2D eigenvalue weighted by molar-refractivity contribution is 6.15. The number of hydrogen-bond donors (Lipinski definition) is 6. The van der Waals surface area contributed by atoms with Gasteiger partial charge in [0.15, 0.2) is 12.2 Å². The number of aliphatic hydroxyl groups excluding tert-OH is 2. The highest BCUT2D eigenvalue weighted by Crippen LogP contribution is 2.43. The van der Waals surface area contributed by atoms with E-state index in [0.29, 0.717) is 33.3 Å². The predicted molar refractivity (Wildman–Crippen MR) is 98.6 cm³/mol. The summed E-state index contributed by atoms with van der Waals surface area (Å²) in [6.45, 7) is 0. The number of fused-ring (bicyclic) bond motifs is 3. The van der Waals surface area contributed by atoms with E-state index in [1.165, 1.54) is 0 Å². The molecular weight excluding hydrogens is 354 g/mol. The molecule has 0 amide bonds. The molecule has 0 spiro atoms. The van der Waals surface area contributed by atoms with Crippen LogP contribution in [0.1, 0.15) is 30.0 Å². The number of nitrogens with zero attached hydrogens (tertiary/aromatic N) is 1. The molecule has 0 saturated carbocycles. The lowest BCUT2D eigenvalue weighted by molar-refractivity contribution is -0.147. The van der Waals surface area contributed by atoms with E-state index in [-0.39, 0.29) is 18.6 Å². The zero-order chi connectivity index (χ0) is 19.9. The molecule has 1 aliphatic heterocycles. The van der Waals surface area contributed by atoms with Gasteiger partial charge in [0, 0.05) is 40.9 Å². The maximum Gasteiger partial charge on any atom is 0.332 e. The lowest BCUT2D eigenvalue weighted by Crippen LogP contribution is -2.23. The normalized spacial score (nSPS) is 18.0. The quantitative estimate of drug-likeness (QED) is 0.396. The van der Waals surface area contributed by atoms with Crippen molar-refractivity contribution in [3.63, 3.8) is 0 Å². The molecule has 9 nitrogen and oxygen atoms in total. The molecule has 8 N–H and O–H groups in total. The van der Waals surface area contributed by atoms with Crippen LogP contribution in [0.25, 0.3) is 10.8 Å². The first-order valence-corrected chi connectivity index (χ1v) is 8.20. The van der Waals surface area contributed by atoms with Crippen molar-refractivity contribution in [2.24, 2.45) is 4.99 Å². The van der Waals surface area contributed by atoms with Crippen LogP contribution >= 0.6 is 0 Å². The number of aliphatic imine (C=N–C) groups is 1. The van der Waals surface area contributed by atoms with Gasteiger partial charge < -0.3 is 31.9 Å². The van der Waals surface area contributed by atoms with Crippen LogP contribution in [0, 0.1) is 0 Å². The Morgan fingerprint density at radius 1 is 1.04 bits per heavy atom. The highest BCUT2D eigenvalue weighted by Gasteiger charge is 2.34. The van der Waals surface area contributed by atoms with Crippen molar-refractivity contribution in [2.45, 2.75) is 31.1 Å². The molecule has 142 valence electrons. The predicted octanol–water partition coefficient (Wildman–Crippen LogP) is 0.519. The van der Waals surface area contributed by atoms with Crippen LogP contribution in [0.3, 0.4) is 0 Å². The van der Waals surface area contributed by atoms with Crippen LogP contribution in [0.4, 0.5) is 11.4 Å². The topological polar surface area (TPSA) is 179 Å². The van der Waals surface area contributed by atoms with Gasteiger partial charge in [-0.1, -0.05) is 12.1 Å². The number of aliphatic hydroxyl groups is 2. The lowest BCUT2D eigenvalue weighted by Gasteiger charge is -2.17. The largest absolute Gasteiger partial charge is 0.479 e. The van der Waals surface area contributed by atoms with Gasteiger partial charge in [-0.3, -0.25) is 4.99 Å². The van der Waals surface area contributed by atoms with Crippen LogP contribution in [-0.4, -0.2) is 50.3 Å². The Bertz CT molecular complexity index is 971. The molecule has 0 bridgehead atoms. The zero-order valence-electron chi connectivity index (χ0n) is 14.2. The number of aliphatic carboxylic acids is 2. The van der Waals surface area contributed by atoms with E-state index in [1.54, 1.807) is 24.3 Å². The number of carboxylic acids is 2. The molecule has 0 aliphatic carbocycles. The van der Waals surface area contributed by atoms with Gasteiger partial charge in [0.05, 0.1) is 6.04 Å². The minimum atomic E-state index is -1.68. The van der Waals surface area contributed by atoms with E-state index in [4.69, 9.17) is 21.7 Å². The van der Waals surface area contributed by atoms with Crippen LogP contribution in [-0.2, 0) is 9.59 Å². The Labute approximate surface area is 153 Å². The number of rotatable bonds is 6. The highest BCUT2D eigenvalue weighted by atomic mass is 16.4. The molecule has 2 aromatic carbocycles. The van der Waals surface area contributed by atoms with E-state index in [0.717, 1.165) is 0 Å². The lowest BCUT2D eigenvalue weighted by atomic mass is 9.89. The average molecular weight is 373 g/mol. The molecule has 3 rings (SSSR count). The van der Waals surface area contributed by atoms with Crippen LogP contribution < -0.4 is 11.5 Å². The number of anilines is 2. The van der Waals surface area contributed by atoms with Crippen molar-refractivity contribution in [2.75, 3.05) is 11.5 Å². The van der Waals surface area contributed by atoms with Gasteiger partial charge in [0.25, 0.3) is 0 Å². The van der Waals surface area contributed by atoms with Crippen molar-refractivity contribution in [3.05, 3.63) is 35.4 Å². The molecule has 3 atom stereocenters. The smallest absolute Gasteiger partial charge is 0.332 e. The summed E-state index contributed by atoms with van der Waals surface area (Å²) < 4.78 is 0. The second-order valence-corrected chi connectivity index (χ2v) is 6.44. The first-order valence-electron chi connectivity index (χ1n) is 8.20. The van der Waals surface area contributed by atoms with E-state index in [9.17, 15) is 19.8 Å². The van der Waals surface area contributed by atoms with Crippen LogP contribution in [0.5, 0.6) is 0 Å². The molecule has 0 aromatic heterocycles. The van der Waals surface area contributed by atoms with Crippen LogP contribution in [0.2, 0.25) is 0 Å². The summed E-state index contributed by atoms with van der Waals surface area (Å²) in [4.78, 5) is 26.5. The minimum absolute atomic E-state index is 0.220. The standard InChI is InChI=1S/C18H19N3O6/c19-9-3-1-2-7-8(9)4-10(20)16-12(6-14(23)18(26)27)21-11(15(7)16)5-13(22)17(24)25/h1-4,11,13-14,22-23H,5-6,19-20H2,(H,24,25)(H,26,27). The molecule has 1 heterocycles. The molecule has 3 unspecified atom stereocenters. The Morgan fingerprint density at radius 2 is 1.70 bits per heavy atom. The Morgan fingerprint density at radius 3 is 2.33 bits per heavy atom. The summed E-state index contributed by atoms with van der Waals surface area (Å²) in [6, 6.07) is 6.08. The first-order chi connectivity index (χ1) is 12.7. The summed E-state index contributed by atoms with van der Waals surface area (Å²) in [5.74, 6) is -2.80.